The summed E-state index contributed by atoms with van der Waals surface area (Å²) in [6, 6.07) is 10.6. The van der Waals surface area contributed by atoms with Crippen LogP contribution in [0.2, 0.25) is 0 Å². The minimum atomic E-state index is 0. The Morgan fingerprint density at radius 1 is 1.07 bits per heavy atom. The van der Waals surface area contributed by atoms with E-state index >= 15 is 0 Å². The maximum Gasteiger partial charge on any atom is 0 e. The van der Waals surface area contributed by atoms with E-state index in [1.54, 1.807) is 0 Å². The summed E-state index contributed by atoms with van der Waals surface area (Å²) in [6.07, 6.45) is 8.00. The molecule has 0 nitrogen and oxygen atoms in total. The van der Waals surface area contributed by atoms with Gasteiger partial charge < -0.3 is 0 Å². The third-order valence-corrected chi connectivity index (χ3v) is 2.67. The maximum absolute atomic E-state index is 2.33. The topological polar surface area (TPSA) is 0 Å². The van der Waals surface area contributed by atoms with Gasteiger partial charge in [0.15, 0.2) is 0 Å². The fourth-order valence-corrected chi connectivity index (χ4v) is 1.67. The normalized spacial score (nSPS) is 17.9. The van der Waals surface area contributed by atoms with E-state index in [1.807, 2.05) is 0 Å². The van der Waals surface area contributed by atoms with Gasteiger partial charge in [-0.05, 0) is 23.0 Å². The first-order valence-corrected chi connectivity index (χ1v) is 5.12. The Morgan fingerprint density at radius 2 is 1.73 bits per heavy atom. The monoisotopic (exact) mass is 191 g/mol. The molecule has 0 atom stereocenters. The van der Waals surface area contributed by atoms with Gasteiger partial charge in [-0.1, -0.05) is 62.4 Å². The average molecular weight is 191 g/mol. The van der Waals surface area contributed by atoms with Crippen LogP contribution in [0.25, 0.3) is 5.57 Å². The van der Waals surface area contributed by atoms with Crippen LogP contribution in [0.5, 0.6) is 0 Å². The predicted octanol–water partition coefficient (Wildman–Crippen LogP) is 3.68. The maximum atomic E-state index is 2.33. The number of hydrogen-bond acceptors (Lipinski definition) is 0. The third kappa shape index (κ3) is 3.13. The fraction of sp³-hybridized carbons (Fsp3) is 0.286. The molecule has 0 aliphatic heterocycles. The molecule has 0 N–H and O–H groups in total. The van der Waals surface area contributed by atoms with E-state index in [9.17, 15) is 0 Å². The van der Waals surface area contributed by atoms with Crippen molar-refractivity contribution in [3.63, 3.8) is 0 Å². The second kappa shape index (κ2) is 4.88. The zero-order chi connectivity index (χ0) is 10.0. The standard InChI is InChI=1S/C14H16.Li/c1-14(2)10-8-13(9-11-14)12-6-4-3-5-7-12;/h3-10H,11H2,1-2H3;. The molecule has 1 heteroatoms. The van der Waals surface area contributed by atoms with Crippen LogP contribution in [0.1, 0.15) is 25.8 Å². The molecule has 1 aromatic rings. The first-order chi connectivity index (χ1) is 6.67. The molecule has 0 saturated heterocycles. The molecule has 1 radical (unpaired) electrons. The SMILES string of the molecule is CC1(C)C=CC(c2ccccc2)=CC1.[Li]. The van der Waals surface area contributed by atoms with Crippen molar-refractivity contribution in [1.82, 2.24) is 0 Å². The number of allylic oxidation sites excluding steroid dienone is 4. The summed E-state index contributed by atoms with van der Waals surface area (Å²) in [4.78, 5) is 0. The van der Waals surface area contributed by atoms with Crippen LogP contribution in [0.4, 0.5) is 0 Å². The molecule has 1 aromatic carbocycles. The largest absolute Gasteiger partial charge is 0.0779 e. The summed E-state index contributed by atoms with van der Waals surface area (Å²) in [5, 5.41) is 0. The van der Waals surface area contributed by atoms with Crippen LogP contribution in [-0.2, 0) is 0 Å². The van der Waals surface area contributed by atoms with Crippen LogP contribution < -0.4 is 0 Å². The van der Waals surface area contributed by atoms with Gasteiger partial charge in [0.1, 0.15) is 0 Å². The smallest absolute Gasteiger partial charge is 0 e. The van der Waals surface area contributed by atoms with Gasteiger partial charge in [0.05, 0.1) is 0 Å². The molecular formula is C14H16Li. The zero-order valence-corrected chi connectivity index (χ0v) is 9.83. The van der Waals surface area contributed by atoms with Gasteiger partial charge in [0.25, 0.3) is 0 Å². The van der Waals surface area contributed by atoms with Gasteiger partial charge in [0, 0.05) is 18.9 Å². The van der Waals surface area contributed by atoms with Gasteiger partial charge in [0.2, 0.25) is 0 Å². The molecule has 0 fully saturated rings. The van der Waals surface area contributed by atoms with E-state index in [0.29, 0.717) is 5.41 Å². The van der Waals surface area contributed by atoms with Crippen molar-refractivity contribution in [2.24, 2.45) is 5.41 Å². The molecular weight excluding hydrogens is 175 g/mol. The van der Waals surface area contributed by atoms with Crippen molar-refractivity contribution < 1.29 is 0 Å². The van der Waals surface area contributed by atoms with Gasteiger partial charge in [-0.2, -0.15) is 0 Å². The van der Waals surface area contributed by atoms with Crippen LogP contribution in [0.15, 0.2) is 48.6 Å². The summed E-state index contributed by atoms with van der Waals surface area (Å²) in [5.41, 5.74) is 3.00. The molecule has 0 heterocycles. The number of hydrogen-bond donors (Lipinski definition) is 0. The first kappa shape index (κ1) is 12.4. The predicted molar refractivity (Wildman–Crippen MR) is 67.7 cm³/mol. The Balaban J connectivity index is 0.00000112. The number of benzene rings is 1. The van der Waals surface area contributed by atoms with Crippen LogP contribution in [-0.4, -0.2) is 18.9 Å². The van der Waals surface area contributed by atoms with Crippen LogP contribution in [0, 0.1) is 5.41 Å². The number of rotatable bonds is 1. The van der Waals surface area contributed by atoms with Crippen LogP contribution in [0.3, 0.4) is 0 Å². The molecule has 0 spiro atoms. The molecule has 15 heavy (non-hydrogen) atoms. The quantitative estimate of drug-likeness (QED) is 0.594. The summed E-state index contributed by atoms with van der Waals surface area (Å²) in [5.74, 6) is 0. The Kier molecular flexibility index (Phi) is 4.02. The van der Waals surface area contributed by atoms with Crippen molar-refractivity contribution in [3.05, 3.63) is 54.1 Å². The van der Waals surface area contributed by atoms with E-state index in [1.165, 1.54) is 11.1 Å². The molecule has 2 rings (SSSR count). The summed E-state index contributed by atoms with van der Waals surface area (Å²) in [6.45, 7) is 4.53. The van der Waals surface area contributed by atoms with Crippen molar-refractivity contribution in [1.29, 1.82) is 0 Å². The minimum absolute atomic E-state index is 0. The summed E-state index contributed by atoms with van der Waals surface area (Å²) in [7, 11) is 0. The zero-order valence-electron chi connectivity index (χ0n) is 9.83. The Labute approximate surface area is 104 Å². The van der Waals surface area contributed by atoms with Crippen molar-refractivity contribution in [3.8, 4) is 0 Å². The molecule has 1 aliphatic carbocycles. The third-order valence-electron chi connectivity index (χ3n) is 2.67. The van der Waals surface area contributed by atoms with Crippen molar-refractivity contribution in [2.45, 2.75) is 20.3 Å². The fourth-order valence-electron chi connectivity index (χ4n) is 1.67. The van der Waals surface area contributed by atoms with E-state index < -0.39 is 0 Å². The Morgan fingerprint density at radius 3 is 2.27 bits per heavy atom. The average Bonchev–Trinajstić information content (AvgIpc) is 2.19. The molecule has 0 amide bonds. The van der Waals surface area contributed by atoms with Gasteiger partial charge in [-0.15, -0.1) is 0 Å². The molecule has 0 bridgehead atoms. The van der Waals surface area contributed by atoms with Gasteiger partial charge in [-0.3, -0.25) is 0 Å². The van der Waals surface area contributed by atoms with Crippen molar-refractivity contribution >= 4 is 24.4 Å². The first-order valence-electron chi connectivity index (χ1n) is 5.12. The van der Waals surface area contributed by atoms with Crippen LogP contribution >= 0.6 is 0 Å². The van der Waals surface area contributed by atoms with Gasteiger partial charge >= 0.3 is 0 Å². The Bertz CT molecular complexity index is 372. The minimum Gasteiger partial charge on any atom is -0.0779 e. The summed E-state index contributed by atoms with van der Waals surface area (Å²) >= 11 is 0. The van der Waals surface area contributed by atoms with E-state index in [0.717, 1.165) is 6.42 Å². The molecule has 73 valence electrons. The van der Waals surface area contributed by atoms with E-state index in [2.05, 4.69) is 62.4 Å². The second-order valence-electron chi connectivity index (χ2n) is 4.55. The Hall–Kier alpha value is -0.703. The van der Waals surface area contributed by atoms with E-state index in [-0.39, 0.29) is 18.9 Å². The molecule has 0 saturated carbocycles. The molecule has 1 aliphatic rings. The van der Waals surface area contributed by atoms with E-state index in [4.69, 9.17) is 0 Å². The van der Waals surface area contributed by atoms with Gasteiger partial charge in [-0.25, -0.2) is 0 Å². The second-order valence-corrected chi connectivity index (χ2v) is 4.55. The summed E-state index contributed by atoms with van der Waals surface area (Å²) < 4.78 is 0. The van der Waals surface area contributed by atoms with Crippen molar-refractivity contribution in [2.75, 3.05) is 0 Å². The molecule has 0 aromatic heterocycles. The molecule has 0 unspecified atom stereocenters.